The maximum atomic E-state index is 12.4. The van der Waals surface area contributed by atoms with Crippen molar-refractivity contribution in [2.45, 2.75) is 34.1 Å². The minimum atomic E-state index is -0.386. The van der Waals surface area contributed by atoms with Gasteiger partial charge >= 0.3 is 0 Å². The van der Waals surface area contributed by atoms with E-state index in [1.807, 2.05) is 0 Å². The summed E-state index contributed by atoms with van der Waals surface area (Å²) >= 11 is 5.24. The number of hydrogen-bond donors (Lipinski definition) is 1. The van der Waals surface area contributed by atoms with Crippen LogP contribution in [0.25, 0.3) is 0 Å². The molecule has 0 unspecified atom stereocenters. The number of nitrogens with zero attached hydrogens (tertiary/aromatic N) is 1. The van der Waals surface area contributed by atoms with Gasteiger partial charge in [-0.15, -0.1) is 0 Å². The lowest BCUT2D eigenvalue weighted by Gasteiger charge is -2.26. The highest BCUT2D eigenvalue weighted by Crippen LogP contribution is 2.12. The molecule has 1 rings (SSSR count). The zero-order valence-electron chi connectivity index (χ0n) is 15.7. The lowest BCUT2D eigenvalue weighted by molar-refractivity contribution is -0.136. The quantitative estimate of drug-likeness (QED) is 0.569. The van der Waals surface area contributed by atoms with E-state index in [9.17, 15) is 9.59 Å². The Bertz CT molecular complexity index is 587. The molecule has 1 N–H and O–H groups in total. The summed E-state index contributed by atoms with van der Waals surface area (Å²) in [6.07, 6.45) is -0.199. The predicted octanol–water partition coefficient (Wildman–Crippen LogP) is 3.02. The Morgan fingerprint density at radius 2 is 1.60 bits per heavy atom. The molecule has 0 radical (unpaired) electrons. The number of methoxy groups -OCH3 is 1. The summed E-state index contributed by atoms with van der Waals surface area (Å²) in [4.78, 5) is 26.7. The van der Waals surface area contributed by atoms with E-state index in [4.69, 9.17) is 17.0 Å². The van der Waals surface area contributed by atoms with Gasteiger partial charge < -0.3 is 15.0 Å². The molecule has 0 spiro atoms. The molecule has 0 aliphatic rings. The second kappa shape index (κ2) is 10.1. The fourth-order valence-electron chi connectivity index (χ4n) is 2.39. The molecule has 0 saturated carbocycles. The van der Waals surface area contributed by atoms with Gasteiger partial charge in [0.25, 0.3) is 0 Å². The van der Waals surface area contributed by atoms with Crippen molar-refractivity contribution in [1.29, 1.82) is 0 Å². The van der Waals surface area contributed by atoms with Gasteiger partial charge in [-0.1, -0.05) is 39.9 Å². The summed E-state index contributed by atoms with van der Waals surface area (Å²) in [5.74, 6) is 0.865. The fourth-order valence-corrected chi connectivity index (χ4v) is 2.64. The Morgan fingerprint density at radius 1 is 1.08 bits per heavy atom. The molecule has 1 aromatic carbocycles. The fraction of sp³-hybridized carbons (Fsp3) is 0.526. The van der Waals surface area contributed by atoms with Crippen LogP contribution in [0.3, 0.4) is 0 Å². The Labute approximate surface area is 155 Å². The molecular weight excluding hydrogens is 336 g/mol. The average molecular weight is 365 g/mol. The van der Waals surface area contributed by atoms with Crippen LogP contribution >= 0.6 is 12.2 Å². The first-order valence-corrected chi connectivity index (χ1v) is 8.89. The van der Waals surface area contributed by atoms with Crippen LogP contribution in [0.15, 0.2) is 24.3 Å². The van der Waals surface area contributed by atoms with Crippen molar-refractivity contribution in [2.75, 3.05) is 20.2 Å². The summed E-state index contributed by atoms with van der Waals surface area (Å²) in [5.41, 5.74) is 0.706. The third-order valence-corrected chi connectivity index (χ3v) is 3.78. The molecule has 0 saturated heterocycles. The molecule has 0 bridgehead atoms. The van der Waals surface area contributed by atoms with Crippen LogP contribution in [0.1, 0.15) is 39.7 Å². The second-order valence-electron chi connectivity index (χ2n) is 6.87. The normalized spacial score (nSPS) is 10.7. The lowest BCUT2D eigenvalue weighted by atomic mass is 10.1. The van der Waals surface area contributed by atoms with Gasteiger partial charge in [0.1, 0.15) is 17.2 Å². The molecule has 5 nitrogen and oxygen atoms in total. The number of carbonyl (C=O) groups excluding carboxylic acids is 2. The first-order chi connectivity index (χ1) is 11.7. The van der Waals surface area contributed by atoms with Crippen molar-refractivity contribution in [3.8, 4) is 5.75 Å². The first-order valence-electron chi connectivity index (χ1n) is 8.49. The maximum absolute atomic E-state index is 12.4. The number of hydrogen-bond acceptors (Lipinski definition) is 4. The van der Waals surface area contributed by atoms with Crippen molar-refractivity contribution in [3.05, 3.63) is 29.8 Å². The van der Waals surface area contributed by atoms with Gasteiger partial charge in [-0.05, 0) is 36.1 Å². The molecule has 25 heavy (non-hydrogen) atoms. The molecule has 1 aromatic rings. The first kappa shape index (κ1) is 21.1. The molecule has 0 aliphatic heterocycles. The number of ether oxygens (including phenoxy) is 1. The lowest BCUT2D eigenvalue weighted by Crippen LogP contribution is -2.40. The number of amides is 2. The van der Waals surface area contributed by atoms with Crippen LogP contribution in [0.2, 0.25) is 0 Å². The standard InChI is InChI=1S/C19H28N2O3S/c1-13(2)11-21(12-14(3)4)18(23)10-17(22)20-19(25)15-6-8-16(24-5)9-7-15/h6-9,13-14H,10-12H2,1-5H3,(H,20,22,25). The smallest absolute Gasteiger partial charge is 0.234 e. The van der Waals surface area contributed by atoms with Gasteiger partial charge in [0.2, 0.25) is 11.8 Å². The number of carbonyl (C=O) groups is 2. The van der Waals surface area contributed by atoms with Crippen molar-refractivity contribution in [1.82, 2.24) is 10.2 Å². The largest absolute Gasteiger partial charge is 0.497 e. The summed E-state index contributed by atoms with van der Waals surface area (Å²) in [7, 11) is 1.58. The zero-order valence-corrected chi connectivity index (χ0v) is 16.5. The SMILES string of the molecule is COc1ccc(C(=S)NC(=O)CC(=O)N(CC(C)C)CC(C)C)cc1. The minimum absolute atomic E-state index is 0.169. The second-order valence-corrected chi connectivity index (χ2v) is 7.28. The summed E-state index contributed by atoms with van der Waals surface area (Å²) in [5, 5.41) is 2.63. The third-order valence-electron chi connectivity index (χ3n) is 3.44. The Balaban J connectivity index is 2.63. The Hall–Kier alpha value is -1.95. The van der Waals surface area contributed by atoms with Gasteiger partial charge in [-0.3, -0.25) is 9.59 Å². The number of nitrogens with one attached hydrogen (secondary N) is 1. The predicted molar refractivity (Wildman–Crippen MR) is 104 cm³/mol. The van der Waals surface area contributed by atoms with E-state index < -0.39 is 0 Å². The molecule has 0 fully saturated rings. The molecule has 0 aliphatic carbocycles. The zero-order chi connectivity index (χ0) is 19.0. The van der Waals surface area contributed by atoms with E-state index >= 15 is 0 Å². The monoisotopic (exact) mass is 364 g/mol. The van der Waals surface area contributed by atoms with E-state index in [2.05, 4.69) is 33.0 Å². The van der Waals surface area contributed by atoms with E-state index in [0.29, 0.717) is 41.2 Å². The molecule has 0 atom stereocenters. The highest BCUT2D eigenvalue weighted by atomic mass is 32.1. The summed E-state index contributed by atoms with van der Waals surface area (Å²) in [6.45, 7) is 9.51. The van der Waals surface area contributed by atoms with E-state index in [1.165, 1.54) is 0 Å². The van der Waals surface area contributed by atoms with Gasteiger partial charge in [-0.2, -0.15) is 0 Å². The van der Waals surface area contributed by atoms with Crippen LogP contribution in [-0.2, 0) is 9.59 Å². The van der Waals surface area contributed by atoms with Crippen molar-refractivity contribution >= 4 is 29.0 Å². The maximum Gasteiger partial charge on any atom is 0.234 e. The average Bonchev–Trinajstić information content (AvgIpc) is 2.53. The van der Waals surface area contributed by atoms with Crippen LogP contribution in [0.4, 0.5) is 0 Å². The molecule has 138 valence electrons. The van der Waals surface area contributed by atoms with Crippen LogP contribution in [0.5, 0.6) is 5.75 Å². The molecule has 0 heterocycles. The Morgan fingerprint density at radius 3 is 2.04 bits per heavy atom. The van der Waals surface area contributed by atoms with E-state index in [1.54, 1.807) is 36.3 Å². The van der Waals surface area contributed by atoms with Crippen molar-refractivity contribution in [2.24, 2.45) is 11.8 Å². The number of rotatable bonds is 8. The molecule has 0 aromatic heterocycles. The summed E-state index contributed by atoms with van der Waals surface area (Å²) < 4.78 is 5.09. The Kier molecular flexibility index (Phi) is 8.55. The van der Waals surface area contributed by atoms with E-state index in [0.717, 1.165) is 0 Å². The van der Waals surface area contributed by atoms with E-state index in [-0.39, 0.29) is 18.2 Å². The molecule has 2 amide bonds. The molecular formula is C19H28N2O3S. The van der Waals surface area contributed by atoms with Crippen molar-refractivity contribution in [3.63, 3.8) is 0 Å². The topological polar surface area (TPSA) is 58.6 Å². The number of thiocarbonyl (C=S) groups is 1. The van der Waals surface area contributed by atoms with Crippen LogP contribution in [-0.4, -0.2) is 41.9 Å². The minimum Gasteiger partial charge on any atom is -0.497 e. The summed E-state index contributed by atoms with van der Waals surface area (Å²) in [6, 6.07) is 7.08. The third kappa shape index (κ3) is 7.65. The molecule has 6 heteroatoms. The highest BCUT2D eigenvalue weighted by Gasteiger charge is 2.20. The number of benzene rings is 1. The van der Waals surface area contributed by atoms with Gasteiger partial charge in [0.05, 0.1) is 7.11 Å². The van der Waals surface area contributed by atoms with Gasteiger partial charge in [0, 0.05) is 18.7 Å². The van der Waals surface area contributed by atoms with Crippen LogP contribution in [0, 0.1) is 11.8 Å². The van der Waals surface area contributed by atoms with Gasteiger partial charge in [-0.25, -0.2) is 0 Å². The van der Waals surface area contributed by atoms with Gasteiger partial charge in [0.15, 0.2) is 0 Å². The van der Waals surface area contributed by atoms with Crippen molar-refractivity contribution < 1.29 is 14.3 Å². The van der Waals surface area contributed by atoms with Crippen LogP contribution < -0.4 is 10.1 Å². The highest BCUT2D eigenvalue weighted by molar-refractivity contribution is 7.80.